The van der Waals surface area contributed by atoms with Crippen molar-refractivity contribution >= 4 is 40.1 Å². The van der Waals surface area contributed by atoms with Crippen LogP contribution in [0.4, 0.5) is 15.8 Å². The van der Waals surface area contributed by atoms with Gasteiger partial charge in [-0.1, -0.05) is 23.9 Å². The van der Waals surface area contributed by atoms with E-state index in [4.69, 9.17) is 4.74 Å². The number of carbonyl (C=O) groups excluding carboxylic acids is 1. The number of thioether (sulfide) groups is 1. The number of methoxy groups -OCH3 is 1. The van der Waals surface area contributed by atoms with E-state index in [1.54, 1.807) is 14.0 Å². The first-order valence-corrected chi connectivity index (χ1v) is 9.64. The van der Waals surface area contributed by atoms with E-state index in [-0.39, 0.29) is 11.6 Å². The molecule has 0 saturated carbocycles. The monoisotopic (exact) mass is 418 g/mol. The zero-order valence-electron chi connectivity index (χ0n) is 15.8. The van der Waals surface area contributed by atoms with Gasteiger partial charge in [0.15, 0.2) is 5.16 Å². The van der Waals surface area contributed by atoms with Crippen LogP contribution >= 0.6 is 11.8 Å². The molecule has 152 valence electrons. The van der Waals surface area contributed by atoms with Crippen LogP contribution in [0.1, 0.15) is 6.92 Å². The van der Waals surface area contributed by atoms with Gasteiger partial charge in [0.05, 0.1) is 27.8 Å². The van der Waals surface area contributed by atoms with Gasteiger partial charge in [-0.3, -0.25) is 14.9 Å². The molecule has 10 heteroatoms. The van der Waals surface area contributed by atoms with Crippen molar-refractivity contribution in [3.8, 4) is 0 Å². The number of rotatable bonds is 8. The van der Waals surface area contributed by atoms with Crippen LogP contribution in [0.3, 0.4) is 0 Å². The van der Waals surface area contributed by atoms with Crippen molar-refractivity contribution in [2.24, 2.45) is 0 Å². The van der Waals surface area contributed by atoms with Crippen molar-refractivity contribution in [2.75, 3.05) is 19.0 Å². The highest BCUT2D eigenvalue weighted by Gasteiger charge is 2.21. The first-order chi connectivity index (χ1) is 13.9. The molecule has 3 rings (SSSR count). The van der Waals surface area contributed by atoms with Gasteiger partial charge in [0.2, 0.25) is 11.7 Å². The summed E-state index contributed by atoms with van der Waals surface area (Å²) in [5.74, 6) is -1.33. The fourth-order valence-electron chi connectivity index (χ4n) is 2.73. The van der Waals surface area contributed by atoms with E-state index < -0.39 is 21.7 Å². The highest BCUT2D eigenvalue weighted by Crippen LogP contribution is 2.28. The average molecular weight is 418 g/mol. The fourth-order valence-corrected chi connectivity index (χ4v) is 3.68. The lowest BCUT2D eigenvalue weighted by Gasteiger charge is -2.13. The van der Waals surface area contributed by atoms with Gasteiger partial charge in [-0.2, -0.15) is 4.39 Å². The summed E-state index contributed by atoms with van der Waals surface area (Å²) in [6.45, 7) is 2.78. The van der Waals surface area contributed by atoms with Crippen LogP contribution in [-0.4, -0.2) is 39.3 Å². The number of nitro groups is 1. The Bertz CT molecular complexity index is 1060. The molecule has 1 amide bonds. The Morgan fingerprint density at radius 3 is 2.86 bits per heavy atom. The quantitative estimate of drug-likeness (QED) is 0.339. The van der Waals surface area contributed by atoms with Gasteiger partial charge in [0, 0.05) is 25.4 Å². The molecule has 0 spiro atoms. The van der Waals surface area contributed by atoms with Crippen LogP contribution in [-0.2, 0) is 16.1 Å². The standard InChI is InChI=1S/C19H19FN4O4S/c1-12(18(25)21-13-7-8-14(20)17(11-13)24(26)27)29-19-22-15-5-3-4-6-16(15)23(19)9-10-28-2/h3-8,11-12H,9-10H2,1-2H3,(H,21,25). The van der Waals surface area contributed by atoms with Crippen LogP contribution in [0.15, 0.2) is 47.6 Å². The predicted octanol–water partition coefficient (Wildman–Crippen LogP) is 3.85. The molecule has 1 aromatic heterocycles. The van der Waals surface area contributed by atoms with Crippen molar-refractivity contribution in [3.05, 3.63) is 58.4 Å². The summed E-state index contributed by atoms with van der Waals surface area (Å²) >= 11 is 1.26. The molecule has 3 aromatic rings. The number of nitrogens with one attached hydrogen (secondary N) is 1. The molecule has 1 atom stereocenters. The minimum absolute atomic E-state index is 0.156. The summed E-state index contributed by atoms with van der Waals surface area (Å²) in [4.78, 5) is 27.2. The molecule has 1 heterocycles. The summed E-state index contributed by atoms with van der Waals surface area (Å²) in [5, 5.41) is 13.6. The van der Waals surface area contributed by atoms with Gasteiger partial charge < -0.3 is 14.6 Å². The smallest absolute Gasteiger partial charge is 0.306 e. The molecule has 0 aliphatic heterocycles. The van der Waals surface area contributed by atoms with E-state index in [1.165, 1.54) is 17.8 Å². The fraction of sp³-hybridized carbons (Fsp3) is 0.263. The maximum absolute atomic E-state index is 13.5. The normalized spacial score (nSPS) is 12.1. The van der Waals surface area contributed by atoms with E-state index in [0.717, 1.165) is 23.2 Å². The summed E-state index contributed by atoms with van der Waals surface area (Å²) in [5.41, 5.74) is 1.22. The molecule has 2 aromatic carbocycles. The van der Waals surface area contributed by atoms with Crippen LogP contribution in [0.5, 0.6) is 0 Å². The number of ether oxygens (including phenoxy) is 1. The van der Waals surface area contributed by atoms with Crippen molar-refractivity contribution in [1.82, 2.24) is 9.55 Å². The zero-order chi connectivity index (χ0) is 21.0. The Kier molecular flexibility index (Phi) is 6.45. The number of benzene rings is 2. The second-order valence-electron chi connectivity index (χ2n) is 6.20. The minimum Gasteiger partial charge on any atom is -0.383 e. The number of imidazole rings is 1. The number of halogens is 1. The zero-order valence-corrected chi connectivity index (χ0v) is 16.6. The first kappa shape index (κ1) is 20.7. The number of aromatic nitrogens is 2. The maximum atomic E-state index is 13.5. The lowest BCUT2D eigenvalue weighted by atomic mass is 10.2. The van der Waals surface area contributed by atoms with E-state index in [1.807, 2.05) is 28.8 Å². The van der Waals surface area contributed by atoms with Gasteiger partial charge in [-0.15, -0.1) is 0 Å². The lowest BCUT2D eigenvalue weighted by Crippen LogP contribution is -2.23. The molecule has 0 saturated heterocycles. The summed E-state index contributed by atoms with van der Waals surface area (Å²) in [6.07, 6.45) is 0. The Labute approximate surface area is 170 Å². The van der Waals surface area contributed by atoms with E-state index in [0.29, 0.717) is 18.3 Å². The Morgan fingerprint density at radius 2 is 2.14 bits per heavy atom. The third kappa shape index (κ3) is 4.72. The van der Waals surface area contributed by atoms with Crippen molar-refractivity contribution in [1.29, 1.82) is 0 Å². The van der Waals surface area contributed by atoms with Gasteiger partial charge in [-0.05, 0) is 31.2 Å². The number of hydrogen-bond donors (Lipinski definition) is 1. The SMILES string of the molecule is COCCn1c(SC(C)C(=O)Nc2ccc(F)c([N+](=O)[O-])c2)nc2ccccc21. The number of fused-ring (bicyclic) bond motifs is 1. The molecule has 0 fully saturated rings. The largest absolute Gasteiger partial charge is 0.383 e. The van der Waals surface area contributed by atoms with Crippen LogP contribution in [0, 0.1) is 15.9 Å². The number of nitro benzene ring substituents is 1. The number of nitrogens with zero attached hydrogens (tertiary/aromatic N) is 3. The third-order valence-corrected chi connectivity index (χ3v) is 5.29. The summed E-state index contributed by atoms with van der Waals surface area (Å²) in [7, 11) is 1.61. The Morgan fingerprint density at radius 1 is 1.38 bits per heavy atom. The highest BCUT2D eigenvalue weighted by molar-refractivity contribution is 8.00. The molecular weight excluding hydrogens is 399 g/mol. The van der Waals surface area contributed by atoms with Crippen LogP contribution in [0.25, 0.3) is 11.0 Å². The second kappa shape index (κ2) is 9.01. The summed E-state index contributed by atoms with van der Waals surface area (Å²) in [6, 6.07) is 10.9. The minimum atomic E-state index is -0.956. The Hall–Kier alpha value is -2.98. The third-order valence-electron chi connectivity index (χ3n) is 4.20. The van der Waals surface area contributed by atoms with Crippen molar-refractivity contribution < 1.29 is 18.8 Å². The van der Waals surface area contributed by atoms with E-state index in [2.05, 4.69) is 10.3 Å². The lowest BCUT2D eigenvalue weighted by molar-refractivity contribution is -0.387. The first-order valence-electron chi connectivity index (χ1n) is 8.76. The van der Waals surface area contributed by atoms with Gasteiger partial charge in [-0.25, -0.2) is 4.98 Å². The number of amides is 1. The second-order valence-corrected chi connectivity index (χ2v) is 7.51. The predicted molar refractivity (Wildman–Crippen MR) is 109 cm³/mol. The number of para-hydroxylation sites is 2. The summed E-state index contributed by atoms with van der Waals surface area (Å²) < 4.78 is 20.6. The highest BCUT2D eigenvalue weighted by atomic mass is 32.2. The number of carbonyl (C=O) groups is 1. The van der Waals surface area contributed by atoms with Crippen LogP contribution < -0.4 is 5.32 Å². The van der Waals surface area contributed by atoms with E-state index >= 15 is 0 Å². The van der Waals surface area contributed by atoms with Gasteiger partial charge >= 0.3 is 5.69 Å². The molecule has 0 radical (unpaired) electrons. The van der Waals surface area contributed by atoms with Crippen molar-refractivity contribution in [2.45, 2.75) is 23.9 Å². The number of hydrogen-bond acceptors (Lipinski definition) is 6. The molecule has 1 unspecified atom stereocenters. The van der Waals surface area contributed by atoms with E-state index in [9.17, 15) is 19.3 Å². The van der Waals surface area contributed by atoms with Crippen molar-refractivity contribution in [3.63, 3.8) is 0 Å². The maximum Gasteiger partial charge on any atom is 0.306 e. The molecule has 0 aliphatic carbocycles. The average Bonchev–Trinajstić information content (AvgIpc) is 3.04. The molecule has 0 aliphatic rings. The topological polar surface area (TPSA) is 99.3 Å². The molecule has 8 nitrogen and oxygen atoms in total. The van der Waals surface area contributed by atoms with Gasteiger partial charge in [0.1, 0.15) is 0 Å². The molecule has 1 N–H and O–H groups in total. The molecule has 0 bridgehead atoms. The van der Waals surface area contributed by atoms with Crippen LogP contribution in [0.2, 0.25) is 0 Å². The molecular formula is C19H19FN4O4S. The van der Waals surface area contributed by atoms with Gasteiger partial charge in [0.25, 0.3) is 0 Å². The number of anilines is 1. The molecule has 29 heavy (non-hydrogen) atoms. The Balaban J connectivity index is 1.78.